The Bertz CT molecular complexity index is 975. The minimum absolute atomic E-state index is 0.00173. The van der Waals surface area contributed by atoms with Gasteiger partial charge in [0.15, 0.2) is 0 Å². The standard InChI is InChI=1S/C22H24BrNO5/c1-12(2)28-10-9-24-19(17-8-5-14(4)29-17)18(21(26)22(24)27)20(25)15-6-7-16(23)13(3)11-15/h5-8,11-12,19,25H,9-10H2,1-4H3/b20-18-. The van der Waals surface area contributed by atoms with Crippen molar-refractivity contribution in [3.63, 3.8) is 0 Å². The number of ether oxygens (including phenoxy) is 1. The number of carbonyl (C=O) groups is 2. The molecular weight excluding hydrogens is 438 g/mol. The largest absolute Gasteiger partial charge is 0.507 e. The van der Waals surface area contributed by atoms with Crippen LogP contribution in [0.15, 0.2) is 44.8 Å². The van der Waals surface area contributed by atoms with E-state index in [4.69, 9.17) is 9.15 Å². The Morgan fingerprint density at radius 2 is 1.97 bits per heavy atom. The predicted octanol–water partition coefficient (Wildman–Crippen LogP) is 4.51. The van der Waals surface area contributed by atoms with Crippen LogP contribution in [0.3, 0.4) is 0 Å². The average Bonchev–Trinajstić information content (AvgIpc) is 3.19. The minimum Gasteiger partial charge on any atom is -0.507 e. The van der Waals surface area contributed by atoms with Gasteiger partial charge in [-0.25, -0.2) is 0 Å². The van der Waals surface area contributed by atoms with E-state index in [1.165, 1.54) is 4.90 Å². The van der Waals surface area contributed by atoms with E-state index in [0.717, 1.165) is 10.0 Å². The molecule has 3 rings (SSSR count). The van der Waals surface area contributed by atoms with Crippen LogP contribution < -0.4 is 0 Å². The summed E-state index contributed by atoms with van der Waals surface area (Å²) in [4.78, 5) is 27.0. The maximum absolute atomic E-state index is 12.9. The van der Waals surface area contributed by atoms with Crippen molar-refractivity contribution in [2.24, 2.45) is 0 Å². The van der Waals surface area contributed by atoms with Gasteiger partial charge in [-0.2, -0.15) is 0 Å². The van der Waals surface area contributed by atoms with Crippen LogP contribution in [0.1, 0.15) is 42.5 Å². The molecular formula is C22H24BrNO5. The second kappa shape index (κ2) is 8.55. The zero-order chi connectivity index (χ0) is 21.3. The van der Waals surface area contributed by atoms with Crippen LogP contribution in [0, 0.1) is 13.8 Å². The van der Waals surface area contributed by atoms with E-state index in [9.17, 15) is 14.7 Å². The number of hydrogen-bond donors (Lipinski definition) is 1. The lowest BCUT2D eigenvalue weighted by molar-refractivity contribution is -0.140. The van der Waals surface area contributed by atoms with E-state index in [-0.39, 0.29) is 30.6 Å². The van der Waals surface area contributed by atoms with Gasteiger partial charge in [0.1, 0.15) is 23.3 Å². The monoisotopic (exact) mass is 461 g/mol. The first-order chi connectivity index (χ1) is 13.7. The first kappa shape index (κ1) is 21.3. The molecule has 1 aliphatic rings. The predicted molar refractivity (Wildman–Crippen MR) is 112 cm³/mol. The molecule has 0 radical (unpaired) electrons. The highest BCUT2D eigenvalue weighted by Crippen LogP contribution is 2.40. The third kappa shape index (κ3) is 4.31. The van der Waals surface area contributed by atoms with Crippen molar-refractivity contribution < 1.29 is 23.8 Å². The molecule has 1 atom stereocenters. The Kier molecular flexibility index (Phi) is 6.29. The molecule has 6 nitrogen and oxygen atoms in total. The summed E-state index contributed by atoms with van der Waals surface area (Å²) in [6.07, 6.45) is 0.00173. The van der Waals surface area contributed by atoms with Gasteiger partial charge in [-0.3, -0.25) is 9.59 Å². The summed E-state index contributed by atoms with van der Waals surface area (Å²) >= 11 is 3.43. The van der Waals surface area contributed by atoms with Crippen LogP contribution in [-0.4, -0.2) is 41.0 Å². The summed E-state index contributed by atoms with van der Waals surface area (Å²) in [5, 5.41) is 11.0. The average molecular weight is 462 g/mol. The number of aryl methyl sites for hydroxylation is 2. The highest BCUT2D eigenvalue weighted by atomic mass is 79.9. The van der Waals surface area contributed by atoms with Gasteiger partial charge in [0, 0.05) is 16.6 Å². The summed E-state index contributed by atoms with van der Waals surface area (Å²) in [5.41, 5.74) is 1.39. The fraction of sp³-hybridized carbons (Fsp3) is 0.364. The van der Waals surface area contributed by atoms with Crippen molar-refractivity contribution in [1.29, 1.82) is 0 Å². The summed E-state index contributed by atoms with van der Waals surface area (Å²) in [5.74, 6) is -0.533. The van der Waals surface area contributed by atoms with Crippen molar-refractivity contribution in [1.82, 2.24) is 4.90 Å². The molecule has 2 aromatic rings. The zero-order valence-electron chi connectivity index (χ0n) is 16.9. The fourth-order valence-electron chi connectivity index (χ4n) is 3.34. The van der Waals surface area contributed by atoms with Gasteiger partial charge in [-0.1, -0.05) is 22.0 Å². The van der Waals surface area contributed by atoms with Crippen LogP contribution in [0.2, 0.25) is 0 Å². The lowest BCUT2D eigenvalue weighted by Crippen LogP contribution is -2.33. The normalized spacial score (nSPS) is 18.8. The molecule has 1 aromatic heterocycles. The molecule has 29 heavy (non-hydrogen) atoms. The maximum atomic E-state index is 12.9. The van der Waals surface area contributed by atoms with E-state index in [1.54, 1.807) is 37.3 Å². The van der Waals surface area contributed by atoms with E-state index in [2.05, 4.69) is 15.9 Å². The minimum atomic E-state index is -0.802. The Morgan fingerprint density at radius 3 is 2.55 bits per heavy atom. The molecule has 1 amide bonds. The van der Waals surface area contributed by atoms with Crippen molar-refractivity contribution in [2.75, 3.05) is 13.2 Å². The Labute approximate surface area is 178 Å². The zero-order valence-corrected chi connectivity index (χ0v) is 18.4. The van der Waals surface area contributed by atoms with Crippen molar-refractivity contribution in [2.45, 2.75) is 39.8 Å². The number of nitrogens with zero attached hydrogens (tertiary/aromatic N) is 1. The Balaban J connectivity index is 2.08. The third-order valence-electron chi connectivity index (χ3n) is 4.79. The summed E-state index contributed by atoms with van der Waals surface area (Å²) < 4.78 is 12.2. The molecule has 0 aliphatic carbocycles. The van der Waals surface area contributed by atoms with E-state index >= 15 is 0 Å². The third-order valence-corrected chi connectivity index (χ3v) is 5.68. The highest BCUT2D eigenvalue weighted by molar-refractivity contribution is 9.10. The number of benzene rings is 1. The van der Waals surface area contributed by atoms with Crippen LogP contribution in [0.5, 0.6) is 0 Å². The second-order valence-electron chi connectivity index (χ2n) is 7.32. The molecule has 2 heterocycles. The van der Waals surface area contributed by atoms with Crippen molar-refractivity contribution in [3.8, 4) is 0 Å². The first-order valence-corrected chi connectivity index (χ1v) is 10.2. The van der Waals surface area contributed by atoms with E-state index in [0.29, 0.717) is 17.1 Å². The quantitative estimate of drug-likeness (QED) is 0.388. The van der Waals surface area contributed by atoms with Crippen molar-refractivity contribution >= 4 is 33.4 Å². The molecule has 0 bridgehead atoms. The molecule has 1 unspecified atom stereocenters. The van der Waals surface area contributed by atoms with E-state index in [1.807, 2.05) is 20.8 Å². The molecule has 1 fully saturated rings. The number of amides is 1. The van der Waals surface area contributed by atoms with Gasteiger partial charge in [-0.15, -0.1) is 0 Å². The summed E-state index contributed by atoms with van der Waals surface area (Å²) in [6.45, 7) is 7.96. The smallest absolute Gasteiger partial charge is 0.295 e. The molecule has 0 spiro atoms. The van der Waals surface area contributed by atoms with Gasteiger partial charge in [0.2, 0.25) is 0 Å². The maximum Gasteiger partial charge on any atom is 0.295 e. The molecule has 154 valence electrons. The number of furan rings is 1. The molecule has 7 heteroatoms. The number of ketones is 1. The number of halogens is 1. The number of likely N-dealkylation sites (tertiary alicyclic amines) is 1. The number of aliphatic hydroxyl groups is 1. The number of aliphatic hydroxyl groups excluding tert-OH is 1. The molecule has 1 saturated heterocycles. The number of rotatable bonds is 6. The number of Topliss-reactive ketones (excluding diaryl/α,β-unsaturated/α-hetero) is 1. The van der Waals surface area contributed by atoms with E-state index < -0.39 is 17.7 Å². The van der Waals surface area contributed by atoms with Crippen LogP contribution in [0.25, 0.3) is 5.76 Å². The number of carbonyl (C=O) groups excluding carboxylic acids is 2. The van der Waals surface area contributed by atoms with Gasteiger partial charge in [0.05, 0.1) is 18.3 Å². The van der Waals surface area contributed by atoms with Gasteiger partial charge in [-0.05, 0) is 57.5 Å². The Hall–Kier alpha value is -2.38. The fourth-order valence-corrected chi connectivity index (χ4v) is 3.59. The lowest BCUT2D eigenvalue weighted by Gasteiger charge is -2.23. The van der Waals surface area contributed by atoms with Crippen LogP contribution in [0.4, 0.5) is 0 Å². The number of hydrogen-bond acceptors (Lipinski definition) is 5. The Morgan fingerprint density at radius 1 is 1.24 bits per heavy atom. The topological polar surface area (TPSA) is 80.0 Å². The van der Waals surface area contributed by atoms with Gasteiger partial charge >= 0.3 is 0 Å². The SMILES string of the molecule is Cc1ccc(C2/C(=C(/O)c3ccc(Br)c(C)c3)C(=O)C(=O)N2CCOC(C)C)o1. The molecule has 1 N–H and O–H groups in total. The molecule has 1 aromatic carbocycles. The van der Waals surface area contributed by atoms with Crippen LogP contribution >= 0.6 is 15.9 Å². The summed E-state index contributed by atoms with van der Waals surface area (Å²) in [7, 11) is 0. The summed E-state index contributed by atoms with van der Waals surface area (Å²) in [6, 6.07) is 7.95. The van der Waals surface area contributed by atoms with Gasteiger partial charge < -0.3 is 19.2 Å². The van der Waals surface area contributed by atoms with Crippen LogP contribution in [-0.2, 0) is 14.3 Å². The van der Waals surface area contributed by atoms with Gasteiger partial charge in [0.25, 0.3) is 11.7 Å². The second-order valence-corrected chi connectivity index (χ2v) is 8.18. The lowest BCUT2D eigenvalue weighted by atomic mass is 9.98. The molecule has 1 aliphatic heterocycles. The highest BCUT2D eigenvalue weighted by Gasteiger charge is 2.47. The van der Waals surface area contributed by atoms with Crippen molar-refractivity contribution in [3.05, 3.63) is 63.0 Å². The molecule has 0 saturated carbocycles. The first-order valence-electron chi connectivity index (χ1n) is 9.43.